The van der Waals surface area contributed by atoms with Gasteiger partial charge in [-0.1, -0.05) is 29.3 Å². The van der Waals surface area contributed by atoms with E-state index in [4.69, 9.17) is 16.9 Å². The van der Waals surface area contributed by atoms with Crippen molar-refractivity contribution in [2.75, 3.05) is 5.32 Å². The molecule has 0 aliphatic carbocycles. The third-order valence-electron chi connectivity index (χ3n) is 3.64. The number of nitrogens with one attached hydrogen (secondary N) is 1. The Labute approximate surface area is 131 Å². The first-order valence-electron chi connectivity index (χ1n) is 6.96. The minimum atomic E-state index is 0.149. The van der Waals surface area contributed by atoms with E-state index in [1.807, 2.05) is 6.07 Å². The van der Waals surface area contributed by atoms with Gasteiger partial charge in [-0.2, -0.15) is 5.26 Å². The molecule has 0 radical (unpaired) electrons. The standard InChI is InChI=1S/C18H19ClN2/c1-11-7-12(2)18(13(3)8-11)14(4)21-17-6-5-15(10-20)9-16(17)19/h5-9,14,21H,1-4H3. The molecule has 1 unspecified atom stereocenters. The first-order chi connectivity index (χ1) is 9.92. The zero-order chi connectivity index (χ0) is 15.6. The molecule has 0 aromatic heterocycles. The van der Waals surface area contributed by atoms with Crippen LogP contribution in [0.4, 0.5) is 5.69 Å². The van der Waals surface area contributed by atoms with Crippen molar-refractivity contribution in [2.24, 2.45) is 0 Å². The van der Waals surface area contributed by atoms with Crippen molar-refractivity contribution in [3.8, 4) is 6.07 Å². The number of benzene rings is 2. The van der Waals surface area contributed by atoms with E-state index in [-0.39, 0.29) is 6.04 Å². The molecule has 2 rings (SSSR count). The first kappa shape index (κ1) is 15.4. The minimum absolute atomic E-state index is 0.149. The third-order valence-corrected chi connectivity index (χ3v) is 3.95. The second-order valence-corrected chi connectivity index (χ2v) is 5.89. The summed E-state index contributed by atoms with van der Waals surface area (Å²) in [5.74, 6) is 0. The van der Waals surface area contributed by atoms with E-state index >= 15 is 0 Å². The minimum Gasteiger partial charge on any atom is -0.377 e. The van der Waals surface area contributed by atoms with Crippen LogP contribution in [0.3, 0.4) is 0 Å². The molecule has 1 atom stereocenters. The van der Waals surface area contributed by atoms with Gasteiger partial charge in [0.1, 0.15) is 0 Å². The fourth-order valence-electron chi connectivity index (χ4n) is 2.88. The van der Waals surface area contributed by atoms with Gasteiger partial charge in [0.25, 0.3) is 0 Å². The van der Waals surface area contributed by atoms with E-state index in [1.165, 1.54) is 22.3 Å². The molecule has 2 aromatic carbocycles. The maximum atomic E-state index is 8.88. The summed E-state index contributed by atoms with van der Waals surface area (Å²) >= 11 is 6.23. The normalized spacial score (nSPS) is 11.8. The van der Waals surface area contributed by atoms with Gasteiger partial charge in [-0.15, -0.1) is 0 Å². The lowest BCUT2D eigenvalue weighted by Crippen LogP contribution is -2.10. The van der Waals surface area contributed by atoms with E-state index in [9.17, 15) is 0 Å². The first-order valence-corrected chi connectivity index (χ1v) is 7.34. The molecular weight excluding hydrogens is 280 g/mol. The lowest BCUT2D eigenvalue weighted by atomic mass is 9.94. The van der Waals surface area contributed by atoms with Gasteiger partial charge in [0, 0.05) is 6.04 Å². The summed E-state index contributed by atoms with van der Waals surface area (Å²) in [4.78, 5) is 0. The van der Waals surface area contributed by atoms with Crippen molar-refractivity contribution in [3.05, 3.63) is 63.2 Å². The van der Waals surface area contributed by atoms with Crippen LogP contribution in [0.5, 0.6) is 0 Å². The van der Waals surface area contributed by atoms with Gasteiger partial charge < -0.3 is 5.32 Å². The second-order valence-electron chi connectivity index (χ2n) is 5.48. The fourth-order valence-corrected chi connectivity index (χ4v) is 3.12. The van der Waals surface area contributed by atoms with Crippen LogP contribution in [0.25, 0.3) is 0 Å². The van der Waals surface area contributed by atoms with Crippen LogP contribution in [-0.2, 0) is 0 Å². The smallest absolute Gasteiger partial charge is 0.0992 e. The summed E-state index contributed by atoms with van der Waals surface area (Å²) in [6.07, 6.45) is 0. The summed E-state index contributed by atoms with van der Waals surface area (Å²) in [5.41, 5.74) is 6.54. The molecule has 0 fully saturated rings. The number of aryl methyl sites for hydroxylation is 3. The Balaban J connectivity index is 2.31. The molecule has 1 N–H and O–H groups in total. The van der Waals surface area contributed by atoms with E-state index in [0.29, 0.717) is 10.6 Å². The predicted octanol–water partition coefficient (Wildman–Crippen LogP) is 5.31. The van der Waals surface area contributed by atoms with Gasteiger partial charge in [0.2, 0.25) is 0 Å². The van der Waals surface area contributed by atoms with Crippen LogP contribution in [0.2, 0.25) is 5.02 Å². The van der Waals surface area contributed by atoms with E-state index in [2.05, 4.69) is 51.2 Å². The lowest BCUT2D eigenvalue weighted by Gasteiger charge is -2.21. The van der Waals surface area contributed by atoms with Crippen LogP contribution < -0.4 is 5.32 Å². The molecule has 0 bridgehead atoms. The van der Waals surface area contributed by atoms with Crippen molar-refractivity contribution in [3.63, 3.8) is 0 Å². The monoisotopic (exact) mass is 298 g/mol. The van der Waals surface area contributed by atoms with Gasteiger partial charge in [0.05, 0.1) is 22.3 Å². The van der Waals surface area contributed by atoms with E-state index < -0.39 is 0 Å². The van der Waals surface area contributed by atoms with Crippen molar-refractivity contribution in [2.45, 2.75) is 33.7 Å². The SMILES string of the molecule is Cc1cc(C)c(C(C)Nc2ccc(C#N)cc2Cl)c(C)c1. The average molecular weight is 299 g/mol. The molecule has 108 valence electrons. The third kappa shape index (κ3) is 3.37. The molecule has 0 saturated heterocycles. The summed E-state index contributed by atoms with van der Waals surface area (Å²) in [7, 11) is 0. The maximum absolute atomic E-state index is 8.88. The number of hydrogen-bond donors (Lipinski definition) is 1. The van der Waals surface area contributed by atoms with Crippen LogP contribution in [0.1, 0.15) is 40.8 Å². The highest BCUT2D eigenvalue weighted by atomic mass is 35.5. The summed E-state index contributed by atoms with van der Waals surface area (Å²) in [6.45, 7) is 8.50. The van der Waals surface area contributed by atoms with Gasteiger partial charge in [0.15, 0.2) is 0 Å². The molecular formula is C18H19ClN2. The molecule has 3 heteroatoms. The summed E-state index contributed by atoms with van der Waals surface area (Å²) < 4.78 is 0. The van der Waals surface area contributed by atoms with Crippen molar-refractivity contribution < 1.29 is 0 Å². The molecule has 0 aliphatic rings. The Hall–Kier alpha value is -1.98. The Bertz CT molecular complexity index is 691. The summed E-state index contributed by atoms with van der Waals surface area (Å²) in [6, 6.07) is 11.9. The zero-order valence-corrected chi connectivity index (χ0v) is 13.5. The fraction of sp³-hybridized carbons (Fsp3) is 0.278. The molecule has 0 spiro atoms. The Morgan fingerprint density at radius 1 is 1.10 bits per heavy atom. The maximum Gasteiger partial charge on any atom is 0.0992 e. The zero-order valence-electron chi connectivity index (χ0n) is 12.8. The largest absolute Gasteiger partial charge is 0.377 e. The Morgan fingerprint density at radius 3 is 2.24 bits per heavy atom. The second kappa shape index (κ2) is 6.20. The number of halogens is 1. The highest BCUT2D eigenvalue weighted by Gasteiger charge is 2.13. The highest BCUT2D eigenvalue weighted by molar-refractivity contribution is 6.33. The van der Waals surface area contributed by atoms with Crippen LogP contribution in [0.15, 0.2) is 30.3 Å². The number of rotatable bonds is 3. The molecule has 0 heterocycles. The van der Waals surface area contributed by atoms with Crippen LogP contribution >= 0.6 is 11.6 Å². The van der Waals surface area contributed by atoms with Gasteiger partial charge >= 0.3 is 0 Å². The number of nitriles is 1. The highest BCUT2D eigenvalue weighted by Crippen LogP contribution is 2.30. The topological polar surface area (TPSA) is 35.8 Å². The quantitative estimate of drug-likeness (QED) is 0.833. The number of hydrogen-bond acceptors (Lipinski definition) is 2. The van der Waals surface area contributed by atoms with Crippen LogP contribution in [0, 0.1) is 32.1 Å². The van der Waals surface area contributed by atoms with Crippen molar-refractivity contribution in [1.82, 2.24) is 0 Å². The average Bonchev–Trinajstić information content (AvgIpc) is 2.39. The lowest BCUT2D eigenvalue weighted by molar-refractivity contribution is 0.862. The molecule has 0 saturated carbocycles. The van der Waals surface area contributed by atoms with Crippen molar-refractivity contribution >= 4 is 17.3 Å². The van der Waals surface area contributed by atoms with E-state index in [0.717, 1.165) is 5.69 Å². The molecule has 0 aliphatic heterocycles. The van der Waals surface area contributed by atoms with Gasteiger partial charge in [-0.05, 0) is 62.6 Å². The van der Waals surface area contributed by atoms with Gasteiger partial charge in [-0.3, -0.25) is 0 Å². The molecule has 0 amide bonds. The number of anilines is 1. The Kier molecular flexibility index (Phi) is 4.55. The van der Waals surface area contributed by atoms with E-state index in [1.54, 1.807) is 12.1 Å². The molecule has 2 aromatic rings. The van der Waals surface area contributed by atoms with Crippen molar-refractivity contribution in [1.29, 1.82) is 5.26 Å². The molecule has 2 nitrogen and oxygen atoms in total. The van der Waals surface area contributed by atoms with Crippen LogP contribution in [-0.4, -0.2) is 0 Å². The summed E-state index contributed by atoms with van der Waals surface area (Å²) in [5, 5.41) is 12.9. The number of nitrogens with zero attached hydrogens (tertiary/aromatic N) is 1. The van der Waals surface area contributed by atoms with Gasteiger partial charge in [-0.25, -0.2) is 0 Å². The molecule has 21 heavy (non-hydrogen) atoms. The predicted molar refractivity (Wildman–Crippen MR) is 88.9 cm³/mol. The Morgan fingerprint density at radius 2 is 1.71 bits per heavy atom.